The van der Waals surface area contributed by atoms with E-state index in [9.17, 15) is 19.5 Å². The van der Waals surface area contributed by atoms with E-state index in [4.69, 9.17) is 5.73 Å². The maximum Gasteiger partial charge on any atom is 0.326 e. The highest BCUT2D eigenvalue weighted by atomic mass is 16.4. The van der Waals surface area contributed by atoms with Crippen LogP contribution in [0.25, 0.3) is 11.2 Å². The minimum atomic E-state index is -1.13. The number of hydrogen-bond acceptors (Lipinski definition) is 5. The molecule has 140 valence electrons. The smallest absolute Gasteiger partial charge is 0.326 e. The van der Waals surface area contributed by atoms with Gasteiger partial charge in [-0.1, -0.05) is 35.3 Å². The monoisotopic (exact) mass is 371 g/mol. The lowest BCUT2D eigenvalue weighted by molar-refractivity contribution is -0.661. The summed E-state index contributed by atoms with van der Waals surface area (Å²) >= 11 is 0. The van der Waals surface area contributed by atoms with E-state index >= 15 is 0 Å². The maximum atomic E-state index is 12.4. The summed E-state index contributed by atoms with van der Waals surface area (Å²) < 4.78 is 2.96. The number of carboxylic acid groups (broad SMARTS) is 1. The van der Waals surface area contributed by atoms with Gasteiger partial charge in [0.15, 0.2) is 12.9 Å². The molecule has 1 aromatic carbocycles. The first-order chi connectivity index (χ1) is 12.8. The van der Waals surface area contributed by atoms with Crippen LogP contribution in [-0.2, 0) is 29.6 Å². The normalized spacial score (nSPS) is 12.0. The van der Waals surface area contributed by atoms with Crippen molar-refractivity contribution in [3.63, 3.8) is 0 Å². The third-order valence-electron chi connectivity index (χ3n) is 4.06. The number of nitrogens with zero attached hydrogens (tertiary/aromatic N) is 3. The van der Waals surface area contributed by atoms with Gasteiger partial charge in [-0.15, -0.1) is 0 Å². The number of benzene rings is 1. The van der Waals surface area contributed by atoms with Crippen LogP contribution in [0.3, 0.4) is 0 Å². The van der Waals surface area contributed by atoms with E-state index in [1.807, 2.05) is 6.07 Å². The summed E-state index contributed by atoms with van der Waals surface area (Å²) in [6.45, 7) is -0.203. The second-order valence-corrected chi connectivity index (χ2v) is 6.13. The number of amides is 1. The molecule has 0 saturated carbocycles. The van der Waals surface area contributed by atoms with Crippen LogP contribution in [-0.4, -0.2) is 37.6 Å². The molecule has 27 heavy (non-hydrogen) atoms. The molecule has 10 heteroatoms. The molecule has 0 unspecified atom stereocenters. The highest BCUT2D eigenvalue weighted by Gasteiger charge is 2.24. The SMILES string of the molecule is Cn1c[n+](CC(=O)N[C@H](Cc2ccccc2)C(=O)O)c2nc(N)[nH]c(=O)c21. The number of anilines is 1. The van der Waals surface area contributed by atoms with Gasteiger partial charge in [-0.25, -0.2) is 9.36 Å². The topological polar surface area (TPSA) is 147 Å². The van der Waals surface area contributed by atoms with Crippen molar-refractivity contribution >= 4 is 29.0 Å². The molecule has 1 atom stereocenters. The van der Waals surface area contributed by atoms with Crippen LogP contribution in [0, 0.1) is 0 Å². The molecule has 0 aliphatic heterocycles. The fourth-order valence-electron chi connectivity index (χ4n) is 2.87. The molecule has 0 saturated heterocycles. The van der Waals surface area contributed by atoms with E-state index in [0.717, 1.165) is 5.56 Å². The molecular weight excluding hydrogens is 352 g/mol. The number of carboxylic acids is 1. The van der Waals surface area contributed by atoms with Crippen molar-refractivity contribution in [2.45, 2.75) is 19.0 Å². The number of imidazole rings is 1. The molecule has 0 fully saturated rings. The van der Waals surface area contributed by atoms with Crippen molar-refractivity contribution in [1.82, 2.24) is 19.9 Å². The Bertz CT molecular complexity index is 1060. The summed E-state index contributed by atoms with van der Waals surface area (Å²) in [6.07, 6.45) is 1.69. The van der Waals surface area contributed by atoms with Gasteiger partial charge in [0, 0.05) is 6.42 Å². The third-order valence-corrected chi connectivity index (χ3v) is 4.06. The zero-order valence-electron chi connectivity index (χ0n) is 14.5. The number of H-pyrrole nitrogens is 1. The third kappa shape index (κ3) is 3.94. The first-order valence-corrected chi connectivity index (χ1v) is 8.15. The number of aromatic amines is 1. The number of fused-ring (bicyclic) bond motifs is 1. The number of aromatic nitrogens is 4. The van der Waals surface area contributed by atoms with Gasteiger partial charge in [-0.3, -0.25) is 19.1 Å². The van der Waals surface area contributed by atoms with Crippen LogP contribution in [0.5, 0.6) is 0 Å². The van der Waals surface area contributed by atoms with Crippen LogP contribution < -0.4 is 21.2 Å². The molecular formula is C17H19N6O4+. The number of nitrogens with two attached hydrogens (primary N) is 1. The predicted octanol–water partition coefficient (Wildman–Crippen LogP) is -1.06. The van der Waals surface area contributed by atoms with Crippen molar-refractivity contribution in [3.05, 3.63) is 52.6 Å². The summed E-state index contributed by atoms with van der Waals surface area (Å²) in [4.78, 5) is 42.3. The Morgan fingerprint density at radius 2 is 2.07 bits per heavy atom. The summed E-state index contributed by atoms with van der Waals surface area (Å²) in [5.74, 6) is -1.72. The number of carbonyl (C=O) groups is 2. The molecule has 0 bridgehead atoms. The van der Waals surface area contributed by atoms with Crippen LogP contribution in [0.15, 0.2) is 41.5 Å². The first-order valence-electron chi connectivity index (χ1n) is 8.15. The molecule has 0 radical (unpaired) electrons. The fraction of sp³-hybridized carbons (Fsp3) is 0.235. The molecule has 10 nitrogen and oxygen atoms in total. The minimum absolute atomic E-state index is 0.0691. The highest BCUT2D eigenvalue weighted by molar-refractivity contribution is 5.83. The highest BCUT2D eigenvalue weighted by Crippen LogP contribution is 2.05. The van der Waals surface area contributed by atoms with E-state index < -0.39 is 23.5 Å². The Kier molecular flexibility index (Phi) is 4.88. The summed E-state index contributed by atoms with van der Waals surface area (Å²) in [5, 5.41) is 11.9. The predicted molar refractivity (Wildman–Crippen MR) is 95.7 cm³/mol. The first kappa shape index (κ1) is 18.1. The Balaban J connectivity index is 1.79. The Labute approximate surface area is 153 Å². The molecule has 0 aliphatic carbocycles. The zero-order chi connectivity index (χ0) is 19.6. The lowest BCUT2D eigenvalue weighted by Gasteiger charge is -2.14. The zero-order valence-corrected chi connectivity index (χ0v) is 14.5. The molecule has 2 aromatic heterocycles. The van der Waals surface area contributed by atoms with Crippen LogP contribution in [0.1, 0.15) is 5.56 Å². The standard InChI is InChI=1S/C17H18N6O4/c1-22-9-23(14-13(22)15(25)21-17(18)20-14)8-12(24)19-11(16(26)27)7-10-5-3-2-4-6-10/h2-6,9,11H,7-8H2,1H3,(H4-,18,19,20,21,24,25,26,27)/p+1/t11-/m1/s1. The largest absolute Gasteiger partial charge is 0.480 e. The molecule has 1 amide bonds. The minimum Gasteiger partial charge on any atom is -0.480 e. The average molecular weight is 371 g/mol. The Hall–Kier alpha value is -3.69. The number of aliphatic carboxylic acids is 1. The number of rotatable bonds is 6. The van der Waals surface area contributed by atoms with Crippen molar-refractivity contribution < 1.29 is 19.3 Å². The van der Waals surface area contributed by atoms with Crippen molar-refractivity contribution in [1.29, 1.82) is 0 Å². The Morgan fingerprint density at radius 1 is 1.37 bits per heavy atom. The molecule has 3 aromatic rings. The van der Waals surface area contributed by atoms with Gasteiger partial charge in [0.2, 0.25) is 5.52 Å². The second-order valence-electron chi connectivity index (χ2n) is 6.13. The van der Waals surface area contributed by atoms with Crippen LogP contribution in [0.2, 0.25) is 0 Å². The number of nitrogens with one attached hydrogen (secondary N) is 2. The van der Waals surface area contributed by atoms with Crippen LogP contribution in [0.4, 0.5) is 5.95 Å². The van der Waals surface area contributed by atoms with Gasteiger partial charge in [0.25, 0.3) is 17.4 Å². The molecule has 3 rings (SSSR count). The summed E-state index contributed by atoms with van der Waals surface area (Å²) in [7, 11) is 1.64. The average Bonchev–Trinajstić information content (AvgIpc) is 2.90. The van der Waals surface area contributed by atoms with E-state index in [1.54, 1.807) is 31.3 Å². The van der Waals surface area contributed by atoms with Gasteiger partial charge < -0.3 is 16.2 Å². The maximum absolute atomic E-state index is 12.4. The van der Waals surface area contributed by atoms with Crippen molar-refractivity contribution in [2.24, 2.45) is 7.05 Å². The lowest BCUT2D eigenvalue weighted by Crippen LogP contribution is -2.49. The van der Waals surface area contributed by atoms with Gasteiger partial charge in [0.1, 0.15) is 6.04 Å². The van der Waals surface area contributed by atoms with E-state index in [0.29, 0.717) is 0 Å². The molecule has 0 spiro atoms. The quantitative estimate of drug-likeness (QED) is 0.406. The van der Waals surface area contributed by atoms with Crippen molar-refractivity contribution in [3.8, 4) is 0 Å². The summed E-state index contributed by atoms with van der Waals surface area (Å²) in [5.41, 5.74) is 6.44. The van der Waals surface area contributed by atoms with Gasteiger partial charge in [-0.05, 0) is 5.56 Å². The van der Waals surface area contributed by atoms with E-state index in [1.165, 1.54) is 15.5 Å². The number of nitrogen functional groups attached to an aromatic ring is 1. The molecule has 0 aliphatic rings. The molecule has 5 N–H and O–H groups in total. The van der Waals surface area contributed by atoms with Gasteiger partial charge in [0.05, 0.1) is 7.05 Å². The number of carbonyl (C=O) groups excluding carboxylic acids is 1. The van der Waals surface area contributed by atoms with Gasteiger partial charge >= 0.3 is 11.6 Å². The van der Waals surface area contributed by atoms with Crippen LogP contribution >= 0.6 is 0 Å². The number of aryl methyl sites for hydroxylation is 1. The number of hydrogen-bond donors (Lipinski definition) is 4. The molecule has 2 heterocycles. The van der Waals surface area contributed by atoms with E-state index in [2.05, 4.69) is 15.3 Å². The van der Waals surface area contributed by atoms with E-state index in [-0.39, 0.29) is 30.1 Å². The fourth-order valence-corrected chi connectivity index (χ4v) is 2.87. The second kappa shape index (κ2) is 7.28. The van der Waals surface area contributed by atoms with Gasteiger partial charge in [-0.2, -0.15) is 0 Å². The summed E-state index contributed by atoms with van der Waals surface area (Å²) in [6, 6.07) is 7.94. The van der Waals surface area contributed by atoms with Crippen molar-refractivity contribution in [2.75, 3.05) is 5.73 Å². The lowest BCUT2D eigenvalue weighted by atomic mass is 10.1. The Morgan fingerprint density at radius 3 is 2.74 bits per heavy atom.